The van der Waals surface area contributed by atoms with E-state index in [0.29, 0.717) is 11.4 Å². The molecule has 5 nitrogen and oxygen atoms in total. The molecule has 19 heavy (non-hydrogen) atoms. The molecule has 0 saturated heterocycles. The number of nitrogens with two attached hydrogens (primary N) is 2. The molecular weight excluding hydrogens is 240 g/mol. The first kappa shape index (κ1) is 11.3. The Morgan fingerprint density at radius 2 is 1.58 bits per heavy atom. The third-order valence-electron chi connectivity index (χ3n) is 2.90. The molecule has 5 heteroatoms. The summed E-state index contributed by atoms with van der Waals surface area (Å²) < 4.78 is 0. The predicted molar refractivity (Wildman–Crippen MR) is 75.5 cm³/mol. The highest BCUT2D eigenvalue weighted by Gasteiger charge is 2.13. The quantitative estimate of drug-likeness (QED) is 0.616. The number of anilines is 2. The lowest BCUT2D eigenvalue weighted by molar-refractivity contribution is 0.477. The minimum atomic E-state index is 0.101. The fraction of sp³-hybridized carbons (Fsp3) is 0. The molecule has 0 aliphatic carbocycles. The number of nitrogens with zero attached hydrogens (tertiary/aromatic N) is 2. The standard InChI is InChI=1S/C14H12N4O/c15-11-7-12(16)18-14(17-11)13-9-4-2-1-3-8(9)5-6-10(13)19/h1-7,19H,(H4,15,16,17,18). The van der Waals surface area contributed by atoms with Crippen molar-refractivity contribution >= 4 is 22.4 Å². The van der Waals surface area contributed by atoms with Crippen molar-refractivity contribution < 1.29 is 5.11 Å². The van der Waals surface area contributed by atoms with Crippen LogP contribution in [0.4, 0.5) is 11.6 Å². The van der Waals surface area contributed by atoms with Gasteiger partial charge < -0.3 is 16.6 Å². The van der Waals surface area contributed by atoms with Gasteiger partial charge in [-0.3, -0.25) is 0 Å². The number of aromatic hydroxyl groups is 1. The number of aromatic nitrogens is 2. The average Bonchev–Trinajstić information content (AvgIpc) is 2.37. The van der Waals surface area contributed by atoms with Gasteiger partial charge in [0.2, 0.25) is 0 Å². The molecule has 5 N–H and O–H groups in total. The summed E-state index contributed by atoms with van der Waals surface area (Å²) in [5.41, 5.74) is 11.9. The second-order valence-corrected chi connectivity index (χ2v) is 4.22. The number of rotatable bonds is 1. The Balaban J connectivity index is 2.38. The third kappa shape index (κ3) is 1.91. The summed E-state index contributed by atoms with van der Waals surface area (Å²) in [7, 11) is 0. The zero-order valence-electron chi connectivity index (χ0n) is 10.0. The summed E-state index contributed by atoms with van der Waals surface area (Å²) in [6, 6.07) is 12.6. The maximum Gasteiger partial charge on any atom is 0.168 e. The molecule has 0 spiro atoms. The zero-order chi connectivity index (χ0) is 13.4. The molecule has 0 fully saturated rings. The molecule has 3 aromatic rings. The third-order valence-corrected chi connectivity index (χ3v) is 2.90. The minimum Gasteiger partial charge on any atom is -0.507 e. The van der Waals surface area contributed by atoms with Crippen LogP contribution in [0.25, 0.3) is 22.2 Å². The zero-order valence-corrected chi connectivity index (χ0v) is 10.0. The number of benzene rings is 2. The molecule has 3 rings (SSSR count). The maximum absolute atomic E-state index is 10.1. The summed E-state index contributed by atoms with van der Waals surface area (Å²) in [5.74, 6) is 0.972. The van der Waals surface area contributed by atoms with Crippen molar-refractivity contribution in [3.8, 4) is 17.1 Å². The first-order valence-corrected chi connectivity index (χ1v) is 5.76. The Labute approximate surface area is 109 Å². The topological polar surface area (TPSA) is 98.1 Å². The van der Waals surface area contributed by atoms with E-state index < -0.39 is 0 Å². The smallest absolute Gasteiger partial charge is 0.168 e. The Morgan fingerprint density at radius 3 is 2.32 bits per heavy atom. The van der Waals surface area contributed by atoms with Gasteiger partial charge in [0.05, 0.1) is 5.56 Å². The van der Waals surface area contributed by atoms with Gasteiger partial charge in [-0.2, -0.15) is 0 Å². The Kier molecular flexibility index (Phi) is 2.45. The van der Waals surface area contributed by atoms with Gasteiger partial charge in [-0.1, -0.05) is 30.3 Å². The first-order chi connectivity index (χ1) is 9.15. The van der Waals surface area contributed by atoms with Crippen LogP contribution in [-0.4, -0.2) is 15.1 Å². The maximum atomic E-state index is 10.1. The predicted octanol–water partition coefficient (Wildman–Crippen LogP) is 2.17. The summed E-state index contributed by atoms with van der Waals surface area (Å²) in [5, 5.41) is 11.9. The van der Waals surface area contributed by atoms with Crippen LogP contribution in [0, 0.1) is 0 Å². The van der Waals surface area contributed by atoms with Crippen molar-refractivity contribution in [2.24, 2.45) is 0 Å². The molecule has 0 atom stereocenters. The van der Waals surface area contributed by atoms with E-state index in [2.05, 4.69) is 9.97 Å². The van der Waals surface area contributed by atoms with Crippen LogP contribution in [0.2, 0.25) is 0 Å². The lowest BCUT2D eigenvalue weighted by Gasteiger charge is -2.09. The number of phenols is 1. The van der Waals surface area contributed by atoms with E-state index in [-0.39, 0.29) is 17.4 Å². The molecule has 0 radical (unpaired) electrons. The summed E-state index contributed by atoms with van der Waals surface area (Å²) in [6.07, 6.45) is 0. The van der Waals surface area contributed by atoms with Gasteiger partial charge in [0, 0.05) is 6.07 Å². The van der Waals surface area contributed by atoms with Crippen LogP contribution in [0.15, 0.2) is 42.5 Å². The Morgan fingerprint density at radius 1 is 0.895 bits per heavy atom. The number of fused-ring (bicyclic) bond motifs is 1. The van der Waals surface area contributed by atoms with Crippen LogP contribution < -0.4 is 11.5 Å². The van der Waals surface area contributed by atoms with E-state index in [4.69, 9.17) is 11.5 Å². The Hall–Kier alpha value is -2.82. The van der Waals surface area contributed by atoms with Crippen molar-refractivity contribution in [3.63, 3.8) is 0 Å². The van der Waals surface area contributed by atoms with E-state index in [0.717, 1.165) is 10.8 Å². The lowest BCUT2D eigenvalue weighted by Crippen LogP contribution is -2.00. The minimum absolute atomic E-state index is 0.101. The molecular formula is C14H12N4O. The molecule has 94 valence electrons. The highest BCUT2D eigenvalue weighted by molar-refractivity contribution is 5.98. The Bertz CT molecular complexity index is 750. The van der Waals surface area contributed by atoms with Crippen LogP contribution in [-0.2, 0) is 0 Å². The highest BCUT2D eigenvalue weighted by Crippen LogP contribution is 2.34. The summed E-state index contributed by atoms with van der Waals surface area (Å²) >= 11 is 0. The number of hydrogen-bond acceptors (Lipinski definition) is 5. The van der Waals surface area contributed by atoms with E-state index in [1.54, 1.807) is 6.07 Å². The summed E-state index contributed by atoms with van der Waals surface area (Å²) in [6.45, 7) is 0. The van der Waals surface area contributed by atoms with Crippen molar-refractivity contribution in [2.75, 3.05) is 11.5 Å². The van der Waals surface area contributed by atoms with Crippen LogP contribution in [0.5, 0.6) is 5.75 Å². The molecule has 0 saturated carbocycles. The van der Waals surface area contributed by atoms with Gasteiger partial charge >= 0.3 is 0 Å². The monoisotopic (exact) mass is 252 g/mol. The second kappa shape index (κ2) is 4.13. The number of hydrogen-bond donors (Lipinski definition) is 3. The van der Waals surface area contributed by atoms with E-state index in [9.17, 15) is 5.11 Å². The second-order valence-electron chi connectivity index (χ2n) is 4.22. The molecule has 2 aromatic carbocycles. The molecule has 0 aliphatic heterocycles. The summed E-state index contributed by atoms with van der Waals surface area (Å²) in [4.78, 5) is 8.28. The molecule has 1 aromatic heterocycles. The van der Waals surface area contributed by atoms with Crippen molar-refractivity contribution in [1.82, 2.24) is 9.97 Å². The first-order valence-electron chi connectivity index (χ1n) is 5.76. The van der Waals surface area contributed by atoms with E-state index >= 15 is 0 Å². The van der Waals surface area contributed by atoms with Crippen molar-refractivity contribution in [2.45, 2.75) is 0 Å². The number of nitrogen functional groups attached to an aromatic ring is 2. The number of phenolic OH excluding ortho intramolecular Hbond substituents is 1. The van der Waals surface area contributed by atoms with Crippen LogP contribution >= 0.6 is 0 Å². The molecule has 0 unspecified atom stereocenters. The van der Waals surface area contributed by atoms with Gasteiger partial charge in [-0.05, 0) is 16.8 Å². The largest absolute Gasteiger partial charge is 0.507 e. The highest BCUT2D eigenvalue weighted by atomic mass is 16.3. The van der Waals surface area contributed by atoms with E-state index in [1.807, 2.05) is 30.3 Å². The van der Waals surface area contributed by atoms with Gasteiger partial charge in [-0.15, -0.1) is 0 Å². The van der Waals surface area contributed by atoms with Gasteiger partial charge in [0.1, 0.15) is 17.4 Å². The average molecular weight is 252 g/mol. The SMILES string of the molecule is Nc1cc(N)nc(-c2c(O)ccc3ccccc23)n1. The molecule has 0 aliphatic rings. The van der Waals surface area contributed by atoms with E-state index in [1.165, 1.54) is 6.07 Å². The van der Waals surface area contributed by atoms with Gasteiger partial charge in [0.15, 0.2) is 5.82 Å². The van der Waals surface area contributed by atoms with Crippen LogP contribution in [0.3, 0.4) is 0 Å². The van der Waals surface area contributed by atoms with Gasteiger partial charge in [0.25, 0.3) is 0 Å². The van der Waals surface area contributed by atoms with Crippen molar-refractivity contribution in [1.29, 1.82) is 0 Å². The van der Waals surface area contributed by atoms with Gasteiger partial charge in [-0.25, -0.2) is 9.97 Å². The molecule has 1 heterocycles. The fourth-order valence-electron chi connectivity index (χ4n) is 2.09. The molecule has 0 amide bonds. The van der Waals surface area contributed by atoms with Crippen LogP contribution in [0.1, 0.15) is 0 Å². The normalized spacial score (nSPS) is 10.7. The lowest BCUT2D eigenvalue weighted by atomic mass is 10.0. The molecule has 0 bridgehead atoms. The fourth-order valence-corrected chi connectivity index (χ4v) is 2.09. The van der Waals surface area contributed by atoms with Crippen molar-refractivity contribution in [3.05, 3.63) is 42.5 Å².